The lowest BCUT2D eigenvalue weighted by Gasteiger charge is -2.41. The maximum atomic E-state index is 13.3. The Morgan fingerprint density at radius 1 is 1.19 bits per heavy atom. The van der Waals surface area contributed by atoms with Crippen molar-refractivity contribution in [1.29, 1.82) is 0 Å². The summed E-state index contributed by atoms with van der Waals surface area (Å²) >= 11 is 1.73. The van der Waals surface area contributed by atoms with Crippen molar-refractivity contribution in [1.82, 2.24) is 14.8 Å². The van der Waals surface area contributed by atoms with Crippen LogP contribution in [-0.2, 0) is 11.3 Å². The van der Waals surface area contributed by atoms with Gasteiger partial charge in [-0.3, -0.25) is 9.69 Å². The molecule has 0 unspecified atom stereocenters. The van der Waals surface area contributed by atoms with E-state index < -0.39 is 0 Å². The fraction of sp³-hybridized carbons (Fsp3) is 0.583. The third kappa shape index (κ3) is 5.45. The van der Waals surface area contributed by atoms with E-state index in [2.05, 4.69) is 16.8 Å². The van der Waals surface area contributed by atoms with Crippen molar-refractivity contribution in [3.05, 3.63) is 45.9 Å². The highest BCUT2D eigenvalue weighted by atomic mass is 32.1. The third-order valence-electron chi connectivity index (χ3n) is 6.47. The summed E-state index contributed by atoms with van der Waals surface area (Å²) < 4.78 is 11.9. The Balaban J connectivity index is 1.54. The van der Waals surface area contributed by atoms with Crippen LogP contribution in [-0.4, -0.2) is 66.2 Å². The van der Waals surface area contributed by atoms with Gasteiger partial charge in [-0.1, -0.05) is 12.5 Å². The number of nitrogens with zero attached hydrogens (tertiary/aromatic N) is 3. The van der Waals surface area contributed by atoms with Gasteiger partial charge in [-0.15, -0.1) is 11.3 Å². The number of amides is 1. The molecule has 1 aromatic carbocycles. The zero-order valence-electron chi connectivity index (χ0n) is 18.6. The van der Waals surface area contributed by atoms with Crippen LogP contribution in [0.3, 0.4) is 0 Å². The van der Waals surface area contributed by atoms with Crippen molar-refractivity contribution in [3.8, 4) is 5.75 Å². The minimum Gasteiger partial charge on any atom is -0.492 e. The summed E-state index contributed by atoms with van der Waals surface area (Å²) in [6.07, 6.45) is 5.27. The molecule has 1 aromatic heterocycles. The quantitative estimate of drug-likeness (QED) is 0.714. The van der Waals surface area contributed by atoms with Crippen LogP contribution in [0.15, 0.2) is 29.8 Å². The molecule has 1 amide bonds. The molecule has 0 saturated carbocycles. The van der Waals surface area contributed by atoms with Crippen LogP contribution >= 0.6 is 11.3 Å². The lowest BCUT2D eigenvalue weighted by Crippen LogP contribution is -2.51. The predicted octanol–water partition coefficient (Wildman–Crippen LogP) is 4.14. The average Bonchev–Trinajstić information content (AvgIpc) is 3.19. The number of ether oxygens (including phenoxy) is 2. The van der Waals surface area contributed by atoms with E-state index in [0.717, 1.165) is 69.7 Å². The van der Waals surface area contributed by atoms with Gasteiger partial charge in [0, 0.05) is 37.2 Å². The molecule has 7 heteroatoms. The van der Waals surface area contributed by atoms with E-state index in [9.17, 15) is 4.79 Å². The molecule has 3 heterocycles. The molecule has 4 rings (SSSR count). The number of hydrogen-bond acceptors (Lipinski definition) is 6. The van der Waals surface area contributed by atoms with E-state index in [1.54, 1.807) is 18.4 Å². The molecule has 2 atom stereocenters. The highest BCUT2D eigenvalue weighted by Crippen LogP contribution is 2.27. The second kappa shape index (κ2) is 10.6. The van der Waals surface area contributed by atoms with Gasteiger partial charge >= 0.3 is 0 Å². The highest BCUT2D eigenvalue weighted by Gasteiger charge is 2.34. The summed E-state index contributed by atoms with van der Waals surface area (Å²) in [6.45, 7) is 6.26. The number of methoxy groups -OCH3 is 1. The van der Waals surface area contributed by atoms with E-state index in [-0.39, 0.29) is 18.1 Å². The van der Waals surface area contributed by atoms with Crippen LogP contribution in [0.4, 0.5) is 0 Å². The molecule has 6 nitrogen and oxygen atoms in total. The van der Waals surface area contributed by atoms with Crippen LogP contribution in [0.25, 0.3) is 0 Å². The standard InChI is InChI=1S/C24H33N3O3S/c1-18-23(31-17-25-18)16-26-11-4-3-9-21-22(29-2)10-6-12-27(21)24(28)19-7-5-8-20(15-19)30-14-13-26/h5,7-8,15,17,21-22H,3-4,6,9-14,16H2,1-2H3/t21-,22-/m0/s1. The maximum Gasteiger partial charge on any atom is 0.254 e. The molecule has 2 aliphatic rings. The van der Waals surface area contributed by atoms with Gasteiger partial charge in [0.15, 0.2) is 0 Å². The Hall–Kier alpha value is -1.96. The van der Waals surface area contributed by atoms with Crippen molar-refractivity contribution in [2.75, 3.05) is 33.4 Å². The molecule has 0 radical (unpaired) electrons. The Morgan fingerprint density at radius 2 is 2.10 bits per heavy atom. The maximum absolute atomic E-state index is 13.3. The normalized spacial score (nSPS) is 23.7. The zero-order valence-corrected chi connectivity index (χ0v) is 19.4. The van der Waals surface area contributed by atoms with E-state index >= 15 is 0 Å². The second-order valence-electron chi connectivity index (χ2n) is 8.49. The van der Waals surface area contributed by atoms with E-state index in [1.807, 2.05) is 34.7 Å². The fourth-order valence-electron chi connectivity index (χ4n) is 4.71. The SMILES string of the molecule is CO[C@H]1CCCN2C(=O)c3cccc(c3)OCCN(Cc3scnc3C)CCCC[C@@H]12. The summed E-state index contributed by atoms with van der Waals surface area (Å²) in [5, 5.41) is 0. The van der Waals surface area contributed by atoms with Crippen LogP contribution in [0.1, 0.15) is 53.0 Å². The first kappa shape index (κ1) is 22.2. The lowest BCUT2D eigenvalue weighted by molar-refractivity contribution is -0.0156. The Labute approximate surface area is 189 Å². The molecule has 2 bridgehead atoms. The number of hydrogen-bond donors (Lipinski definition) is 0. The first-order valence-electron chi connectivity index (χ1n) is 11.3. The molecule has 1 saturated heterocycles. The molecule has 0 aliphatic carbocycles. The van der Waals surface area contributed by atoms with Crippen LogP contribution in [0, 0.1) is 6.92 Å². The largest absolute Gasteiger partial charge is 0.492 e. The van der Waals surface area contributed by atoms with E-state index in [1.165, 1.54) is 4.88 Å². The Morgan fingerprint density at radius 3 is 2.90 bits per heavy atom. The number of rotatable bonds is 3. The summed E-state index contributed by atoms with van der Waals surface area (Å²) in [7, 11) is 1.78. The van der Waals surface area contributed by atoms with Crippen molar-refractivity contribution in [2.24, 2.45) is 0 Å². The molecule has 2 aliphatic heterocycles. The monoisotopic (exact) mass is 443 g/mol. The van der Waals surface area contributed by atoms with Gasteiger partial charge < -0.3 is 14.4 Å². The van der Waals surface area contributed by atoms with Gasteiger partial charge in [-0.2, -0.15) is 0 Å². The van der Waals surface area contributed by atoms with Crippen molar-refractivity contribution in [2.45, 2.75) is 57.7 Å². The molecular formula is C24H33N3O3S. The number of aromatic nitrogens is 1. The third-order valence-corrected chi connectivity index (χ3v) is 7.39. The Kier molecular flexibility index (Phi) is 7.58. The minimum absolute atomic E-state index is 0.0940. The van der Waals surface area contributed by atoms with Gasteiger partial charge in [-0.25, -0.2) is 4.98 Å². The number of piperidine rings is 1. The summed E-state index contributed by atoms with van der Waals surface area (Å²) in [5.41, 5.74) is 3.75. The first-order chi connectivity index (χ1) is 15.2. The fourth-order valence-corrected chi connectivity index (χ4v) is 5.53. The smallest absolute Gasteiger partial charge is 0.254 e. The van der Waals surface area contributed by atoms with E-state index in [0.29, 0.717) is 12.2 Å². The van der Waals surface area contributed by atoms with Gasteiger partial charge in [0.05, 0.1) is 23.4 Å². The lowest BCUT2D eigenvalue weighted by atomic mass is 9.93. The number of carbonyl (C=O) groups is 1. The van der Waals surface area contributed by atoms with Gasteiger partial charge in [0.25, 0.3) is 5.91 Å². The highest BCUT2D eigenvalue weighted by molar-refractivity contribution is 7.09. The second-order valence-corrected chi connectivity index (χ2v) is 9.43. The summed E-state index contributed by atoms with van der Waals surface area (Å²) in [6, 6.07) is 7.77. The number of thiazole rings is 1. The molecule has 0 spiro atoms. The topological polar surface area (TPSA) is 54.9 Å². The van der Waals surface area contributed by atoms with Crippen molar-refractivity contribution in [3.63, 3.8) is 0 Å². The number of benzene rings is 1. The van der Waals surface area contributed by atoms with Gasteiger partial charge in [0.1, 0.15) is 12.4 Å². The van der Waals surface area contributed by atoms with Gasteiger partial charge in [0.2, 0.25) is 0 Å². The van der Waals surface area contributed by atoms with Crippen LogP contribution in [0.5, 0.6) is 5.75 Å². The van der Waals surface area contributed by atoms with Gasteiger partial charge in [-0.05, 0) is 57.4 Å². The number of fused-ring (bicyclic) bond motifs is 3. The molecule has 1 fully saturated rings. The number of aryl methyl sites for hydroxylation is 1. The Bertz CT molecular complexity index is 871. The zero-order chi connectivity index (χ0) is 21.6. The van der Waals surface area contributed by atoms with Crippen molar-refractivity contribution < 1.29 is 14.3 Å². The minimum atomic E-state index is 0.0940. The summed E-state index contributed by atoms with van der Waals surface area (Å²) in [4.78, 5) is 23.6. The van der Waals surface area contributed by atoms with Crippen LogP contribution < -0.4 is 4.74 Å². The molecule has 168 valence electrons. The predicted molar refractivity (Wildman–Crippen MR) is 123 cm³/mol. The first-order valence-corrected chi connectivity index (χ1v) is 12.2. The average molecular weight is 444 g/mol. The molecular weight excluding hydrogens is 410 g/mol. The molecule has 2 aromatic rings. The molecule has 31 heavy (non-hydrogen) atoms. The van der Waals surface area contributed by atoms with E-state index in [4.69, 9.17) is 9.47 Å². The molecule has 0 N–H and O–H groups in total. The van der Waals surface area contributed by atoms with Crippen LogP contribution in [0.2, 0.25) is 0 Å². The number of carbonyl (C=O) groups excluding carboxylic acids is 1. The summed E-state index contributed by atoms with van der Waals surface area (Å²) in [5.74, 6) is 0.852. The van der Waals surface area contributed by atoms with Crippen molar-refractivity contribution >= 4 is 17.2 Å².